The molecule has 22 heavy (non-hydrogen) atoms. The van der Waals surface area contributed by atoms with Gasteiger partial charge < -0.3 is 5.11 Å². The van der Waals surface area contributed by atoms with Crippen molar-refractivity contribution in [3.8, 4) is 0 Å². The second-order valence-electron chi connectivity index (χ2n) is 5.92. The maximum absolute atomic E-state index is 12.3. The number of benzene rings is 1. The molecule has 5 nitrogen and oxygen atoms in total. The smallest absolute Gasteiger partial charge is 0.279 e. The van der Waals surface area contributed by atoms with Crippen LogP contribution in [0.2, 0.25) is 5.02 Å². The number of rotatable bonds is 6. The van der Waals surface area contributed by atoms with Gasteiger partial charge in [-0.1, -0.05) is 30.2 Å². The third kappa shape index (κ3) is 5.21. The molecular formula is C15H23ClN2O3S. The number of nitrogens with one attached hydrogen (secondary N) is 1. The van der Waals surface area contributed by atoms with Gasteiger partial charge in [-0.05, 0) is 42.9 Å². The average molecular weight is 347 g/mol. The number of aliphatic hydroxyl groups is 1. The summed E-state index contributed by atoms with van der Waals surface area (Å²) >= 11 is 5.82. The van der Waals surface area contributed by atoms with Gasteiger partial charge in [0.25, 0.3) is 10.2 Å². The molecule has 0 aliphatic heterocycles. The summed E-state index contributed by atoms with van der Waals surface area (Å²) in [5.74, 6) is 0.211. The van der Waals surface area contributed by atoms with E-state index in [4.69, 9.17) is 11.6 Å². The fourth-order valence-corrected chi connectivity index (χ4v) is 3.83. The molecule has 2 rings (SSSR count). The Labute approximate surface area is 137 Å². The highest BCUT2D eigenvalue weighted by Gasteiger charge is 2.23. The molecule has 0 amide bonds. The van der Waals surface area contributed by atoms with Gasteiger partial charge in [0.1, 0.15) is 0 Å². The van der Waals surface area contributed by atoms with E-state index in [0.717, 1.165) is 24.8 Å². The minimum Gasteiger partial charge on any atom is -0.393 e. The van der Waals surface area contributed by atoms with Crippen LogP contribution in [0.1, 0.15) is 31.2 Å². The van der Waals surface area contributed by atoms with Crippen LogP contribution >= 0.6 is 11.6 Å². The fraction of sp³-hybridized carbons (Fsp3) is 0.600. The first-order chi connectivity index (χ1) is 10.4. The number of halogens is 1. The zero-order chi connectivity index (χ0) is 16.2. The van der Waals surface area contributed by atoms with Crippen molar-refractivity contribution < 1.29 is 13.5 Å². The molecule has 2 atom stereocenters. The van der Waals surface area contributed by atoms with E-state index < -0.39 is 10.2 Å². The van der Waals surface area contributed by atoms with Gasteiger partial charge in [-0.25, -0.2) is 4.72 Å². The molecule has 0 saturated heterocycles. The van der Waals surface area contributed by atoms with Crippen LogP contribution in [0.25, 0.3) is 0 Å². The van der Waals surface area contributed by atoms with Crippen molar-refractivity contribution in [3.05, 3.63) is 34.9 Å². The van der Waals surface area contributed by atoms with Gasteiger partial charge in [0.2, 0.25) is 0 Å². The van der Waals surface area contributed by atoms with E-state index in [-0.39, 0.29) is 12.0 Å². The Balaban J connectivity index is 1.87. The standard InChI is InChI=1S/C15H23ClN2O3S/c1-18(11-12-5-7-14(16)8-6-12)22(20,21)17-10-13-3-2-4-15(19)9-13/h5-8,13,15,17,19H,2-4,9-11H2,1H3. The molecule has 0 spiro atoms. The van der Waals surface area contributed by atoms with Crippen molar-refractivity contribution in [2.24, 2.45) is 5.92 Å². The highest BCUT2D eigenvalue weighted by atomic mass is 35.5. The second-order valence-corrected chi connectivity index (χ2v) is 8.22. The Hall–Kier alpha value is -0.660. The predicted molar refractivity (Wildman–Crippen MR) is 87.8 cm³/mol. The maximum Gasteiger partial charge on any atom is 0.279 e. The quantitative estimate of drug-likeness (QED) is 0.829. The maximum atomic E-state index is 12.3. The number of hydrogen-bond donors (Lipinski definition) is 2. The van der Waals surface area contributed by atoms with Crippen LogP contribution in [0, 0.1) is 5.92 Å². The highest BCUT2D eigenvalue weighted by Crippen LogP contribution is 2.23. The van der Waals surface area contributed by atoms with Gasteiger partial charge >= 0.3 is 0 Å². The van der Waals surface area contributed by atoms with E-state index in [1.165, 1.54) is 4.31 Å². The van der Waals surface area contributed by atoms with Gasteiger partial charge in [-0.3, -0.25) is 0 Å². The van der Waals surface area contributed by atoms with Crippen LogP contribution < -0.4 is 4.72 Å². The molecule has 1 aromatic rings. The minimum absolute atomic E-state index is 0.211. The number of aliphatic hydroxyl groups excluding tert-OH is 1. The van der Waals surface area contributed by atoms with Crippen LogP contribution in [0.4, 0.5) is 0 Å². The first-order valence-corrected chi connectivity index (χ1v) is 9.32. The Bertz CT molecular complexity index is 577. The summed E-state index contributed by atoms with van der Waals surface area (Å²) in [6.45, 7) is 0.671. The molecule has 0 radical (unpaired) electrons. The van der Waals surface area contributed by atoms with E-state index in [2.05, 4.69) is 4.72 Å². The van der Waals surface area contributed by atoms with Crippen molar-refractivity contribution in [1.29, 1.82) is 0 Å². The lowest BCUT2D eigenvalue weighted by molar-refractivity contribution is 0.102. The Kier molecular flexibility index (Phi) is 6.23. The molecule has 1 saturated carbocycles. The Morgan fingerprint density at radius 2 is 2.00 bits per heavy atom. The summed E-state index contributed by atoms with van der Waals surface area (Å²) in [5, 5.41) is 10.3. The summed E-state index contributed by atoms with van der Waals surface area (Å²) in [5.41, 5.74) is 0.880. The first kappa shape index (κ1) is 17.7. The van der Waals surface area contributed by atoms with Crippen LogP contribution in [-0.4, -0.2) is 37.5 Å². The monoisotopic (exact) mass is 346 g/mol. The van der Waals surface area contributed by atoms with Crippen LogP contribution in [-0.2, 0) is 16.8 Å². The van der Waals surface area contributed by atoms with E-state index >= 15 is 0 Å². The number of nitrogens with zero attached hydrogens (tertiary/aromatic N) is 1. The molecule has 0 bridgehead atoms. The third-order valence-electron chi connectivity index (χ3n) is 4.04. The van der Waals surface area contributed by atoms with Crippen molar-refractivity contribution >= 4 is 21.8 Å². The normalized spacial score (nSPS) is 22.9. The lowest BCUT2D eigenvalue weighted by Crippen LogP contribution is -2.41. The second kappa shape index (κ2) is 7.75. The van der Waals surface area contributed by atoms with E-state index in [1.54, 1.807) is 19.2 Å². The van der Waals surface area contributed by atoms with Gasteiger partial charge in [0.05, 0.1) is 6.10 Å². The molecule has 0 heterocycles. The third-order valence-corrected chi connectivity index (χ3v) is 5.77. The summed E-state index contributed by atoms with van der Waals surface area (Å²) in [7, 11) is -1.97. The average Bonchev–Trinajstić information content (AvgIpc) is 2.48. The lowest BCUT2D eigenvalue weighted by Gasteiger charge is -2.27. The number of hydrogen-bond acceptors (Lipinski definition) is 3. The molecule has 2 unspecified atom stereocenters. The van der Waals surface area contributed by atoms with Crippen LogP contribution in [0.5, 0.6) is 0 Å². The molecule has 7 heteroatoms. The van der Waals surface area contributed by atoms with Crippen molar-refractivity contribution in [2.45, 2.75) is 38.3 Å². The van der Waals surface area contributed by atoms with Crippen molar-refractivity contribution in [1.82, 2.24) is 9.03 Å². The van der Waals surface area contributed by atoms with Crippen molar-refractivity contribution in [2.75, 3.05) is 13.6 Å². The molecular weight excluding hydrogens is 324 g/mol. The summed E-state index contributed by atoms with van der Waals surface area (Å²) < 4.78 is 28.4. The van der Waals surface area contributed by atoms with E-state index in [1.807, 2.05) is 12.1 Å². The molecule has 124 valence electrons. The molecule has 1 aromatic carbocycles. The molecule has 1 aliphatic carbocycles. The van der Waals surface area contributed by atoms with Gasteiger partial charge in [0.15, 0.2) is 0 Å². The van der Waals surface area contributed by atoms with E-state index in [0.29, 0.717) is 24.5 Å². The summed E-state index contributed by atoms with van der Waals surface area (Å²) in [6, 6.07) is 7.11. The first-order valence-electron chi connectivity index (χ1n) is 7.50. The molecule has 1 fully saturated rings. The topological polar surface area (TPSA) is 69.6 Å². The molecule has 1 aliphatic rings. The van der Waals surface area contributed by atoms with Gasteiger partial charge in [-0.15, -0.1) is 0 Å². The van der Waals surface area contributed by atoms with E-state index in [9.17, 15) is 13.5 Å². The molecule has 2 N–H and O–H groups in total. The van der Waals surface area contributed by atoms with Gasteiger partial charge in [0, 0.05) is 25.2 Å². The summed E-state index contributed by atoms with van der Waals surface area (Å²) in [4.78, 5) is 0. The SMILES string of the molecule is CN(Cc1ccc(Cl)cc1)S(=O)(=O)NCC1CCCC(O)C1. The Morgan fingerprint density at radius 3 is 2.64 bits per heavy atom. The summed E-state index contributed by atoms with van der Waals surface area (Å²) in [6.07, 6.45) is 3.10. The zero-order valence-corrected chi connectivity index (χ0v) is 14.3. The molecule has 0 aromatic heterocycles. The van der Waals surface area contributed by atoms with Crippen LogP contribution in [0.3, 0.4) is 0 Å². The predicted octanol–water partition coefficient (Wildman–Crippen LogP) is 2.16. The van der Waals surface area contributed by atoms with Crippen LogP contribution in [0.15, 0.2) is 24.3 Å². The zero-order valence-electron chi connectivity index (χ0n) is 12.7. The lowest BCUT2D eigenvalue weighted by atomic mass is 9.87. The largest absolute Gasteiger partial charge is 0.393 e. The highest BCUT2D eigenvalue weighted by molar-refractivity contribution is 7.87. The van der Waals surface area contributed by atoms with Gasteiger partial charge in [-0.2, -0.15) is 12.7 Å². The van der Waals surface area contributed by atoms with Crippen molar-refractivity contribution in [3.63, 3.8) is 0 Å². The fourth-order valence-electron chi connectivity index (χ4n) is 2.71. The minimum atomic E-state index is -3.52. The Morgan fingerprint density at radius 1 is 1.32 bits per heavy atom.